The zero-order valence-corrected chi connectivity index (χ0v) is 10.6. The van der Waals surface area contributed by atoms with Crippen molar-refractivity contribution in [1.82, 2.24) is 15.3 Å². The number of aromatic nitrogens is 2. The van der Waals surface area contributed by atoms with Crippen LogP contribution in [0.15, 0.2) is 12.5 Å². The quantitative estimate of drug-likeness (QED) is 0.701. The van der Waals surface area contributed by atoms with Gasteiger partial charge in [-0.05, 0) is 19.8 Å². The second-order valence-corrected chi connectivity index (χ2v) is 4.69. The van der Waals surface area contributed by atoms with Crippen molar-refractivity contribution in [2.24, 2.45) is 0 Å². The molecule has 3 atom stereocenters. The summed E-state index contributed by atoms with van der Waals surface area (Å²) in [6.07, 6.45) is 4.13. The molecule has 1 fully saturated rings. The highest BCUT2D eigenvalue weighted by Gasteiger charge is 2.31. The predicted molar refractivity (Wildman–Crippen MR) is 65.4 cm³/mol. The lowest BCUT2D eigenvalue weighted by molar-refractivity contribution is -0.144. The summed E-state index contributed by atoms with van der Waals surface area (Å²) in [5.41, 5.74) is 0.661. The number of hydrogen-bond acceptors (Lipinski definition) is 4. The summed E-state index contributed by atoms with van der Waals surface area (Å²) in [6, 6.07) is -0.979. The molecule has 3 N–H and O–H groups in total. The van der Waals surface area contributed by atoms with E-state index in [0.717, 1.165) is 6.42 Å². The number of hydrogen-bond donors (Lipinski definition) is 3. The van der Waals surface area contributed by atoms with Crippen molar-refractivity contribution in [3.8, 4) is 0 Å². The minimum Gasteiger partial charge on any atom is -0.480 e. The summed E-state index contributed by atoms with van der Waals surface area (Å²) in [5, 5.41) is 11.6. The van der Waals surface area contributed by atoms with E-state index in [0.29, 0.717) is 12.1 Å². The Balaban J connectivity index is 1.93. The van der Waals surface area contributed by atoms with E-state index < -0.39 is 18.1 Å². The summed E-state index contributed by atoms with van der Waals surface area (Å²) in [4.78, 5) is 29.7. The number of rotatable bonds is 5. The standard InChI is InChI=1S/C12H17N3O4/c1-7-2-3-10(19-7)11(16)15-9(12(17)18)4-8-5-13-6-14-8/h5-7,9-10H,2-4H2,1H3,(H,13,14)(H,15,16)(H,17,18)/t7?,9-,10?/m0/s1. The second kappa shape index (κ2) is 5.83. The Kier molecular flexibility index (Phi) is 4.16. The maximum atomic E-state index is 11.9. The molecule has 0 bridgehead atoms. The monoisotopic (exact) mass is 267 g/mol. The number of aromatic amines is 1. The number of carboxylic acids is 1. The van der Waals surface area contributed by atoms with Gasteiger partial charge in [0.05, 0.1) is 12.4 Å². The molecule has 0 aliphatic carbocycles. The average molecular weight is 267 g/mol. The van der Waals surface area contributed by atoms with Gasteiger partial charge in [0, 0.05) is 18.3 Å². The molecule has 2 heterocycles. The highest BCUT2D eigenvalue weighted by Crippen LogP contribution is 2.19. The minimum atomic E-state index is -1.08. The van der Waals surface area contributed by atoms with Crippen LogP contribution < -0.4 is 5.32 Å². The number of aliphatic carboxylic acids is 1. The number of amides is 1. The molecule has 19 heavy (non-hydrogen) atoms. The SMILES string of the molecule is CC1CCC(C(=O)N[C@@H](Cc2cnc[nH]2)C(=O)O)O1. The molecule has 7 nitrogen and oxygen atoms in total. The first-order valence-corrected chi connectivity index (χ1v) is 6.22. The topological polar surface area (TPSA) is 104 Å². The lowest BCUT2D eigenvalue weighted by atomic mass is 10.1. The minimum absolute atomic E-state index is 0.0478. The third-order valence-electron chi connectivity index (χ3n) is 3.12. The summed E-state index contributed by atoms with van der Waals surface area (Å²) in [7, 11) is 0. The van der Waals surface area contributed by atoms with Gasteiger partial charge in [-0.2, -0.15) is 0 Å². The zero-order valence-electron chi connectivity index (χ0n) is 10.6. The Labute approximate surface area is 110 Å². The van der Waals surface area contributed by atoms with Gasteiger partial charge in [-0.3, -0.25) is 4.79 Å². The Morgan fingerprint density at radius 1 is 1.63 bits per heavy atom. The smallest absolute Gasteiger partial charge is 0.326 e. The van der Waals surface area contributed by atoms with E-state index in [1.165, 1.54) is 12.5 Å². The molecule has 0 spiro atoms. The number of H-pyrrole nitrogens is 1. The predicted octanol–water partition coefficient (Wildman–Crippen LogP) is 0.0891. The van der Waals surface area contributed by atoms with E-state index in [4.69, 9.17) is 9.84 Å². The van der Waals surface area contributed by atoms with Gasteiger partial charge in [0.1, 0.15) is 12.1 Å². The molecular formula is C12H17N3O4. The molecule has 0 aromatic carbocycles. The number of carboxylic acid groups (broad SMARTS) is 1. The van der Waals surface area contributed by atoms with Gasteiger partial charge < -0.3 is 20.1 Å². The molecule has 2 rings (SSSR count). The van der Waals surface area contributed by atoms with Gasteiger partial charge in [0.15, 0.2) is 0 Å². The first kappa shape index (κ1) is 13.5. The van der Waals surface area contributed by atoms with Crippen LogP contribution in [-0.4, -0.2) is 45.2 Å². The van der Waals surface area contributed by atoms with Crippen molar-refractivity contribution in [2.75, 3.05) is 0 Å². The first-order chi connectivity index (χ1) is 9.06. The fourth-order valence-electron chi connectivity index (χ4n) is 2.08. The van der Waals surface area contributed by atoms with Crippen LogP contribution in [0.3, 0.4) is 0 Å². The van der Waals surface area contributed by atoms with Gasteiger partial charge in [0.2, 0.25) is 5.91 Å². The maximum Gasteiger partial charge on any atom is 0.326 e. The molecule has 104 valence electrons. The molecular weight excluding hydrogens is 250 g/mol. The van der Waals surface area contributed by atoms with E-state index in [1.807, 2.05) is 6.92 Å². The van der Waals surface area contributed by atoms with Crippen LogP contribution in [0.2, 0.25) is 0 Å². The van der Waals surface area contributed by atoms with Crippen molar-refractivity contribution < 1.29 is 19.4 Å². The van der Waals surface area contributed by atoms with Crippen LogP contribution in [0.5, 0.6) is 0 Å². The molecule has 0 radical (unpaired) electrons. The number of carbonyl (C=O) groups excluding carboxylic acids is 1. The van der Waals surface area contributed by atoms with Crippen molar-refractivity contribution in [2.45, 2.75) is 44.4 Å². The number of nitrogens with one attached hydrogen (secondary N) is 2. The summed E-state index contributed by atoms with van der Waals surface area (Å²) < 4.78 is 5.41. The lowest BCUT2D eigenvalue weighted by Gasteiger charge is -2.17. The van der Waals surface area contributed by atoms with Crippen LogP contribution >= 0.6 is 0 Å². The van der Waals surface area contributed by atoms with Crippen LogP contribution in [0, 0.1) is 0 Å². The van der Waals surface area contributed by atoms with E-state index in [1.54, 1.807) is 0 Å². The number of carbonyl (C=O) groups is 2. The highest BCUT2D eigenvalue weighted by molar-refractivity contribution is 5.86. The Hall–Kier alpha value is -1.89. The molecule has 1 aliphatic rings. The van der Waals surface area contributed by atoms with Crippen molar-refractivity contribution in [3.63, 3.8) is 0 Å². The molecule has 2 unspecified atom stereocenters. The van der Waals surface area contributed by atoms with E-state index >= 15 is 0 Å². The normalized spacial score (nSPS) is 24.1. The lowest BCUT2D eigenvalue weighted by Crippen LogP contribution is -2.46. The third kappa shape index (κ3) is 3.54. The third-order valence-corrected chi connectivity index (χ3v) is 3.12. The molecule has 1 amide bonds. The van der Waals surface area contributed by atoms with E-state index in [9.17, 15) is 9.59 Å². The zero-order chi connectivity index (χ0) is 13.8. The van der Waals surface area contributed by atoms with Crippen LogP contribution in [0.1, 0.15) is 25.5 Å². The average Bonchev–Trinajstić information content (AvgIpc) is 2.99. The van der Waals surface area contributed by atoms with Crippen molar-refractivity contribution in [1.29, 1.82) is 0 Å². The second-order valence-electron chi connectivity index (χ2n) is 4.69. The molecule has 7 heteroatoms. The van der Waals surface area contributed by atoms with Gasteiger partial charge in [0.25, 0.3) is 0 Å². The molecule has 1 aromatic heterocycles. The number of imidazole rings is 1. The summed E-state index contributed by atoms with van der Waals surface area (Å²) >= 11 is 0. The van der Waals surface area contributed by atoms with E-state index in [-0.39, 0.29) is 18.4 Å². The summed E-state index contributed by atoms with van der Waals surface area (Å²) in [6.45, 7) is 1.90. The number of nitrogens with zero attached hydrogens (tertiary/aromatic N) is 1. The molecule has 1 saturated heterocycles. The van der Waals surface area contributed by atoms with Crippen LogP contribution in [0.25, 0.3) is 0 Å². The van der Waals surface area contributed by atoms with Crippen LogP contribution in [0.4, 0.5) is 0 Å². The van der Waals surface area contributed by atoms with Gasteiger partial charge in [-0.25, -0.2) is 9.78 Å². The molecule has 1 aromatic rings. The fraction of sp³-hybridized carbons (Fsp3) is 0.583. The Bertz CT molecular complexity index is 446. The Morgan fingerprint density at radius 2 is 2.42 bits per heavy atom. The summed E-state index contributed by atoms with van der Waals surface area (Å²) in [5.74, 6) is -1.44. The largest absolute Gasteiger partial charge is 0.480 e. The van der Waals surface area contributed by atoms with E-state index in [2.05, 4.69) is 15.3 Å². The maximum absolute atomic E-state index is 11.9. The number of ether oxygens (including phenoxy) is 1. The first-order valence-electron chi connectivity index (χ1n) is 6.22. The van der Waals surface area contributed by atoms with Crippen LogP contribution in [-0.2, 0) is 20.7 Å². The van der Waals surface area contributed by atoms with Gasteiger partial charge in [-0.15, -0.1) is 0 Å². The highest BCUT2D eigenvalue weighted by atomic mass is 16.5. The molecule has 1 aliphatic heterocycles. The van der Waals surface area contributed by atoms with Crippen molar-refractivity contribution >= 4 is 11.9 Å². The fourth-order valence-corrected chi connectivity index (χ4v) is 2.08. The Morgan fingerprint density at radius 3 is 2.95 bits per heavy atom. The molecule has 0 saturated carbocycles. The van der Waals surface area contributed by atoms with Crippen molar-refractivity contribution in [3.05, 3.63) is 18.2 Å². The van der Waals surface area contributed by atoms with Gasteiger partial charge >= 0.3 is 5.97 Å². The van der Waals surface area contributed by atoms with Gasteiger partial charge in [-0.1, -0.05) is 0 Å².